The molecule has 0 aliphatic rings. The van der Waals surface area contributed by atoms with Crippen molar-refractivity contribution in [3.63, 3.8) is 0 Å². The number of alkyl halides is 1. The Kier molecular flexibility index (Phi) is 11.3. The van der Waals surface area contributed by atoms with E-state index < -0.39 is 0 Å². The van der Waals surface area contributed by atoms with Crippen LogP contribution in [0.5, 0.6) is 0 Å². The Morgan fingerprint density at radius 3 is 2.11 bits per heavy atom. The van der Waals surface area contributed by atoms with Gasteiger partial charge in [-0.3, -0.25) is 0 Å². The van der Waals surface area contributed by atoms with Crippen LogP contribution in [0.25, 0.3) is 0 Å². The molecule has 106 valence electrons. The summed E-state index contributed by atoms with van der Waals surface area (Å²) >= 11 is 5.20. The van der Waals surface area contributed by atoms with Crippen LogP contribution < -0.4 is 0 Å². The quantitative estimate of drug-likeness (QED) is 0.262. The lowest BCUT2D eigenvalue weighted by atomic mass is 10.1. The van der Waals surface area contributed by atoms with Gasteiger partial charge in [0.2, 0.25) is 0 Å². The van der Waals surface area contributed by atoms with E-state index in [9.17, 15) is 0 Å². The molecule has 0 aliphatic carbocycles. The molecular weight excluding hydrogens is 316 g/mol. The molecule has 1 aromatic heterocycles. The van der Waals surface area contributed by atoms with Crippen LogP contribution in [-0.2, 0) is 0 Å². The Hall–Kier alpha value is -0.260. The molecule has 0 amide bonds. The van der Waals surface area contributed by atoms with Gasteiger partial charge in [0.05, 0.1) is 4.88 Å². The van der Waals surface area contributed by atoms with E-state index in [1.54, 1.807) is 11.3 Å². The lowest BCUT2D eigenvalue weighted by Crippen LogP contribution is -1.82. The molecular formula is C17H25BrS. The molecule has 0 atom stereocenters. The van der Waals surface area contributed by atoms with Crippen molar-refractivity contribution in [2.24, 2.45) is 0 Å². The molecule has 0 saturated heterocycles. The maximum atomic E-state index is 3.48. The van der Waals surface area contributed by atoms with E-state index in [1.807, 2.05) is 0 Å². The second-order valence-corrected chi connectivity index (χ2v) is 6.64. The highest BCUT2D eigenvalue weighted by Gasteiger charge is 1.92. The normalized spacial score (nSPS) is 10.2. The lowest BCUT2D eigenvalue weighted by Gasteiger charge is -2.00. The first-order chi connectivity index (χ1) is 9.43. The van der Waals surface area contributed by atoms with Gasteiger partial charge < -0.3 is 0 Å². The molecule has 0 fully saturated rings. The minimum Gasteiger partial charge on any atom is -0.135 e. The summed E-state index contributed by atoms with van der Waals surface area (Å²) in [6, 6.07) is 4.15. The summed E-state index contributed by atoms with van der Waals surface area (Å²) in [6.45, 7) is 0. The molecule has 0 aromatic carbocycles. The first kappa shape index (κ1) is 16.8. The number of thiophene rings is 1. The zero-order chi connectivity index (χ0) is 13.6. The molecule has 0 radical (unpaired) electrons. The molecule has 19 heavy (non-hydrogen) atoms. The molecule has 0 nitrogen and oxygen atoms in total. The van der Waals surface area contributed by atoms with Crippen LogP contribution in [0.2, 0.25) is 0 Å². The smallest absolute Gasteiger partial charge is 0.0768 e. The van der Waals surface area contributed by atoms with Crippen molar-refractivity contribution in [3.05, 3.63) is 22.4 Å². The Balaban J connectivity index is 1.81. The third kappa shape index (κ3) is 10.2. The zero-order valence-electron chi connectivity index (χ0n) is 11.8. The van der Waals surface area contributed by atoms with Crippen LogP contribution in [0.4, 0.5) is 0 Å². The van der Waals surface area contributed by atoms with Gasteiger partial charge in [-0.25, -0.2) is 0 Å². The summed E-state index contributed by atoms with van der Waals surface area (Å²) < 4.78 is 0. The van der Waals surface area contributed by atoms with Crippen LogP contribution in [0.15, 0.2) is 17.5 Å². The largest absolute Gasteiger partial charge is 0.135 e. The van der Waals surface area contributed by atoms with Crippen LogP contribution in [0.3, 0.4) is 0 Å². The van der Waals surface area contributed by atoms with E-state index in [2.05, 4.69) is 45.3 Å². The van der Waals surface area contributed by atoms with Crippen LogP contribution in [-0.4, -0.2) is 5.33 Å². The Labute approximate surface area is 131 Å². The molecule has 1 heterocycles. The summed E-state index contributed by atoms with van der Waals surface area (Å²) in [6.07, 6.45) is 13.5. The molecule has 1 rings (SSSR count). The lowest BCUT2D eigenvalue weighted by molar-refractivity contribution is 0.569. The standard InChI is InChI=1S/C17H25BrS/c18-15-11-9-7-5-3-1-2-4-6-8-10-13-17-14-12-16-19-17/h12,14,16H,1-9,11,15H2. The number of hydrogen-bond donors (Lipinski definition) is 0. The fourth-order valence-corrected chi connectivity index (χ4v) is 3.03. The maximum Gasteiger partial charge on any atom is 0.0768 e. The van der Waals surface area contributed by atoms with Gasteiger partial charge in [0.25, 0.3) is 0 Å². The van der Waals surface area contributed by atoms with Gasteiger partial charge in [0.1, 0.15) is 0 Å². The zero-order valence-corrected chi connectivity index (χ0v) is 14.2. The van der Waals surface area contributed by atoms with Gasteiger partial charge in [-0.05, 0) is 24.3 Å². The minimum atomic E-state index is 1.06. The third-order valence-electron chi connectivity index (χ3n) is 3.17. The summed E-state index contributed by atoms with van der Waals surface area (Å²) in [4.78, 5) is 1.20. The van der Waals surface area contributed by atoms with Gasteiger partial charge in [-0.15, -0.1) is 11.3 Å². The molecule has 0 N–H and O–H groups in total. The first-order valence-corrected chi connectivity index (χ1v) is 9.52. The molecule has 1 aromatic rings. The molecule has 0 unspecified atom stereocenters. The predicted octanol–water partition coefficient (Wildman–Crippen LogP) is 6.40. The van der Waals surface area contributed by atoms with Gasteiger partial charge in [0.15, 0.2) is 0 Å². The van der Waals surface area contributed by atoms with E-state index in [4.69, 9.17) is 0 Å². The van der Waals surface area contributed by atoms with Crippen LogP contribution in [0, 0.1) is 11.8 Å². The van der Waals surface area contributed by atoms with Crippen molar-refractivity contribution in [2.75, 3.05) is 5.33 Å². The van der Waals surface area contributed by atoms with Crippen molar-refractivity contribution in [2.45, 2.75) is 64.2 Å². The number of unbranched alkanes of at least 4 members (excludes halogenated alkanes) is 9. The highest BCUT2D eigenvalue weighted by molar-refractivity contribution is 9.09. The van der Waals surface area contributed by atoms with Crippen molar-refractivity contribution in [3.8, 4) is 11.8 Å². The highest BCUT2D eigenvalue weighted by Crippen LogP contribution is 2.11. The fourth-order valence-electron chi connectivity index (χ4n) is 2.04. The van der Waals surface area contributed by atoms with Gasteiger partial charge in [-0.2, -0.15) is 0 Å². The molecule has 0 spiro atoms. The van der Waals surface area contributed by atoms with E-state index >= 15 is 0 Å². The van der Waals surface area contributed by atoms with Crippen LogP contribution in [0.1, 0.15) is 69.1 Å². The Morgan fingerprint density at radius 1 is 0.895 bits per heavy atom. The topological polar surface area (TPSA) is 0 Å². The van der Waals surface area contributed by atoms with Gasteiger partial charge >= 0.3 is 0 Å². The molecule has 2 heteroatoms. The van der Waals surface area contributed by atoms with Crippen molar-refractivity contribution in [1.29, 1.82) is 0 Å². The summed E-state index contributed by atoms with van der Waals surface area (Å²) in [5.41, 5.74) is 0. The fraction of sp³-hybridized carbons (Fsp3) is 0.647. The van der Waals surface area contributed by atoms with E-state index in [1.165, 1.54) is 68.0 Å². The second kappa shape index (κ2) is 12.8. The summed E-state index contributed by atoms with van der Waals surface area (Å²) in [5, 5.41) is 3.25. The van der Waals surface area contributed by atoms with Crippen LogP contribution >= 0.6 is 27.3 Å². The number of halogens is 1. The third-order valence-corrected chi connectivity index (χ3v) is 4.51. The van der Waals surface area contributed by atoms with Crippen molar-refractivity contribution in [1.82, 2.24) is 0 Å². The molecule has 0 bridgehead atoms. The predicted molar refractivity (Wildman–Crippen MR) is 91.2 cm³/mol. The molecule has 0 saturated carbocycles. The average molecular weight is 341 g/mol. The van der Waals surface area contributed by atoms with Crippen molar-refractivity contribution >= 4 is 27.3 Å². The Bertz CT molecular complexity index is 345. The number of rotatable bonds is 10. The van der Waals surface area contributed by atoms with E-state index in [-0.39, 0.29) is 0 Å². The summed E-state index contributed by atoms with van der Waals surface area (Å²) in [5.74, 6) is 6.49. The summed E-state index contributed by atoms with van der Waals surface area (Å²) in [7, 11) is 0. The number of hydrogen-bond acceptors (Lipinski definition) is 1. The monoisotopic (exact) mass is 340 g/mol. The van der Waals surface area contributed by atoms with Crippen molar-refractivity contribution < 1.29 is 0 Å². The second-order valence-electron chi connectivity index (χ2n) is 4.90. The SMILES string of the molecule is BrCCCCCCCCCCCC#Cc1cccs1. The Morgan fingerprint density at radius 2 is 1.53 bits per heavy atom. The van der Waals surface area contributed by atoms with Gasteiger partial charge in [-0.1, -0.05) is 78.8 Å². The first-order valence-electron chi connectivity index (χ1n) is 7.52. The maximum absolute atomic E-state index is 3.48. The van der Waals surface area contributed by atoms with E-state index in [0.29, 0.717) is 0 Å². The minimum absolute atomic E-state index is 1.06. The highest BCUT2D eigenvalue weighted by atomic mass is 79.9. The molecule has 0 aliphatic heterocycles. The van der Waals surface area contributed by atoms with E-state index in [0.717, 1.165) is 6.42 Å². The average Bonchev–Trinajstić information content (AvgIpc) is 2.93. The van der Waals surface area contributed by atoms with Gasteiger partial charge in [0, 0.05) is 11.8 Å².